The molecule has 0 saturated carbocycles. The Balaban J connectivity index is 1.17. The number of morpholine rings is 1. The lowest BCUT2D eigenvalue weighted by Crippen LogP contribution is -2.40. The minimum atomic E-state index is -4.38. The Morgan fingerprint density at radius 3 is 2.77 bits per heavy atom. The number of alkyl halides is 3. The lowest BCUT2D eigenvalue weighted by atomic mass is 10.0. The van der Waals surface area contributed by atoms with Gasteiger partial charge in [0.15, 0.2) is 6.10 Å². The molecule has 44 heavy (non-hydrogen) atoms. The van der Waals surface area contributed by atoms with Gasteiger partial charge in [-0.3, -0.25) is 14.0 Å². The standard InChI is InChI=1S/C30H29ClF4N6O3/c31-18-6-7-20(22(32)11-18)27-28-21(29(42)41-8-2-5-25(41)37-28)12-26(38-27)39-9-10-43-23(16-39)17-13-36-40(14-17)15-19-3-1-4-24(44-19)30(33,34)35/h6-7,11-14,19,23-24H,1-5,8-10,15-16H2/t19?,23-,24?/m1/s1. The van der Waals surface area contributed by atoms with Crippen molar-refractivity contribution in [1.82, 2.24) is 24.3 Å². The zero-order valence-corrected chi connectivity index (χ0v) is 24.3. The Hall–Kier alpha value is -3.55. The molecule has 9 nitrogen and oxygen atoms in total. The number of aromatic nitrogens is 5. The van der Waals surface area contributed by atoms with Gasteiger partial charge >= 0.3 is 6.18 Å². The molecule has 2 saturated heterocycles. The van der Waals surface area contributed by atoms with Crippen molar-refractivity contribution in [3.8, 4) is 11.3 Å². The largest absolute Gasteiger partial charge is 0.414 e. The molecule has 0 N–H and O–H groups in total. The van der Waals surface area contributed by atoms with Crippen molar-refractivity contribution < 1.29 is 27.0 Å². The maximum atomic E-state index is 15.2. The molecule has 0 spiro atoms. The predicted molar refractivity (Wildman–Crippen MR) is 154 cm³/mol. The van der Waals surface area contributed by atoms with Crippen LogP contribution in [-0.4, -0.2) is 62.4 Å². The van der Waals surface area contributed by atoms with Gasteiger partial charge in [-0.1, -0.05) is 11.6 Å². The summed E-state index contributed by atoms with van der Waals surface area (Å²) in [4.78, 5) is 25.1. The molecule has 2 fully saturated rings. The third kappa shape index (κ3) is 5.56. The van der Waals surface area contributed by atoms with Crippen molar-refractivity contribution in [1.29, 1.82) is 0 Å². The molecule has 4 aromatic rings. The van der Waals surface area contributed by atoms with Gasteiger partial charge in [0, 0.05) is 48.4 Å². The molecule has 3 aromatic heterocycles. The molecule has 232 valence electrons. The van der Waals surface area contributed by atoms with Gasteiger partial charge in [-0.25, -0.2) is 14.4 Å². The van der Waals surface area contributed by atoms with Crippen molar-refractivity contribution in [3.63, 3.8) is 0 Å². The Morgan fingerprint density at radius 1 is 1.09 bits per heavy atom. The van der Waals surface area contributed by atoms with E-state index in [1.54, 1.807) is 39.8 Å². The first-order chi connectivity index (χ1) is 21.1. The Kier molecular flexibility index (Phi) is 7.58. The molecule has 0 amide bonds. The number of hydrogen-bond donors (Lipinski definition) is 0. The molecule has 0 bridgehead atoms. The highest BCUT2D eigenvalue weighted by Crippen LogP contribution is 2.35. The van der Waals surface area contributed by atoms with Gasteiger partial charge in [0.25, 0.3) is 5.56 Å². The Bertz CT molecular complexity index is 1780. The van der Waals surface area contributed by atoms with E-state index in [1.165, 1.54) is 6.07 Å². The van der Waals surface area contributed by atoms with Crippen molar-refractivity contribution in [3.05, 3.63) is 69.2 Å². The van der Waals surface area contributed by atoms with Crippen molar-refractivity contribution in [2.24, 2.45) is 0 Å². The second-order valence-corrected chi connectivity index (χ2v) is 11.9. The summed E-state index contributed by atoms with van der Waals surface area (Å²) < 4.78 is 69.4. The summed E-state index contributed by atoms with van der Waals surface area (Å²) in [5.41, 5.74) is 1.36. The second kappa shape index (κ2) is 11.4. The van der Waals surface area contributed by atoms with Gasteiger partial charge in [-0.2, -0.15) is 18.3 Å². The molecular weight excluding hydrogens is 604 g/mol. The van der Waals surface area contributed by atoms with Crippen LogP contribution in [0.25, 0.3) is 22.2 Å². The molecule has 3 atom stereocenters. The van der Waals surface area contributed by atoms with Gasteiger partial charge in [0.2, 0.25) is 0 Å². The smallest absolute Gasteiger partial charge is 0.370 e. The van der Waals surface area contributed by atoms with Gasteiger partial charge in [-0.05, 0) is 49.9 Å². The average molecular weight is 633 g/mol. The van der Waals surface area contributed by atoms with Crippen LogP contribution in [0.1, 0.15) is 43.2 Å². The van der Waals surface area contributed by atoms with Crippen LogP contribution in [0.15, 0.2) is 41.5 Å². The van der Waals surface area contributed by atoms with Crippen molar-refractivity contribution in [2.45, 2.75) is 69.7 Å². The number of fused-ring (bicyclic) bond motifs is 2. The fraction of sp³-hybridized carbons (Fsp3) is 0.467. The van der Waals surface area contributed by atoms with Gasteiger partial charge < -0.3 is 14.4 Å². The molecule has 7 rings (SSSR count). The minimum Gasteiger partial charge on any atom is -0.370 e. The van der Waals surface area contributed by atoms with E-state index >= 15 is 4.39 Å². The van der Waals surface area contributed by atoms with Gasteiger partial charge in [0.1, 0.15) is 34.8 Å². The number of nitrogens with zero attached hydrogens (tertiary/aromatic N) is 6. The molecule has 14 heteroatoms. The van der Waals surface area contributed by atoms with E-state index < -0.39 is 30.3 Å². The second-order valence-electron chi connectivity index (χ2n) is 11.5. The van der Waals surface area contributed by atoms with Gasteiger partial charge in [-0.15, -0.1) is 0 Å². The van der Waals surface area contributed by atoms with Crippen LogP contribution in [-0.2, 0) is 29.0 Å². The third-order valence-corrected chi connectivity index (χ3v) is 8.73. The van der Waals surface area contributed by atoms with E-state index in [9.17, 15) is 18.0 Å². The molecule has 3 aliphatic heterocycles. The highest BCUT2D eigenvalue weighted by Gasteiger charge is 2.43. The van der Waals surface area contributed by atoms with Crippen LogP contribution in [0.4, 0.5) is 23.4 Å². The summed E-state index contributed by atoms with van der Waals surface area (Å²) >= 11 is 6.02. The van der Waals surface area contributed by atoms with E-state index in [-0.39, 0.29) is 34.8 Å². The predicted octanol–water partition coefficient (Wildman–Crippen LogP) is 5.47. The summed E-state index contributed by atoms with van der Waals surface area (Å²) in [6.45, 7) is 1.96. The van der Waals surface area contributed by atoms with E-state index in [0.29, 0.717) is 68.0 Å². The summed E-state index contributed by atoms with van der Waals surface area (Å²) in [5.74, 6) is 0.569. The normalized spacial score (nSPS) is 22.5. The number of rotatable bonds is 5. The van der Waals surface area contributed by atoms with Crippen LogP contribution in [0, 0.1) is 5.82 Å². The maximum absolute atomic E-state index is 15.2. The van der Waals surface area contributed by atoms with Crippen LogP contribution in [0.3, 0.4) is 0 Å². The fourth-order valence-electron chi connectivity index (χ4n) is 6.29. The van der Waals surface area contributed by atoms with Crippen molar-refractivity contribution >= 4 is 28.3 Å². The number of pyridine rings is 1. The van der Waals surface area contributed by atoms with Crippen LogP contribution >= 0.6 is 11.6 Å². The van der Waals surface area contributed by atoms with Crippen LogP contribution < -0.4 is 10.5 Å². The molecule has 3 aliphatic rings. The number of benzene rings is 1. The van der Waals surface area contributed by atoms with E-state index in [0.717, 1.165) is 12.0 Å². The van der Waals surface area contributed by atoms with Gasteiger partial charge in [0.05, 0.1) is 30.8 Å². The maximum Gasteiger partial charge on any atom is 0.414 e. The van der Waals surface area contributed by atoms with E-state index in [2.05, 4.69) is 5.10 Å². The molecule has 6 heterocycles. The summed E-state index contributed by atoms with van der Waals surface area (Å²) in [5, 5.41) is 4.96. The summed E-state index contributed by atoms with van der Waals surface area (Å²) in [6.07, 6.45) is -1.35. The number of hydrogen-bond acceptors (Lipinski definition) is 7. The average Bonchev–Trinajstić information content (AvgIpc) is 3.67. The van der Waals surface area contributed by atoms with Crippen LogP contribution in [0.5, 0.6) is 0 Å². The summed E-state index contributed by atoms with van der Waals surface area (Å²) in [6, 6.07) is 6.03. The third-order valence-electron chi connectivity index (χ3n) is 8.50. The SMILES string of the molecule is O=c1c2cc(N3CCO[C@@H](c4cnn(CC5CCCC(C(F)(F)F)O5)c4)C3)nc(-c3ccc(Cl)cc3F)c2nc2n1CCC2. The molecular formula is C30H29ClF4N6O3. The summed E-state index contributed by atoms with van der Waals surface area (Å²) in [7, 11) is 0. The molecule has 0 aliphatic carbocycles. The zero-order valence-electron chi connectivity index (χ0n) is 23.6. The molecule has 1 aromatic carbocycles. The zero-order chi connectivity index (χ0) is 30.6. The number of halogens is 5. The lowest BCUT2D eigenvalue weighted by molar-refractivity contribution is -0.246. The first-order valence-corrected chi connectivity index (χ1v) is 15.0. The molecule has 0 radical (unpaired) electrons. The highest BCUT2D eigenvalue weighted by atomic mass is 35.5. The van der Waals surface area contributed by atoms with E-state index in [4.69, 9.17) is 31.0 Å². The topological polar surface area (TPSA) is 87.3 Å². The number of anilines is 1. The first kappa shape index (κ1) is 29.2. The number of ether oxygens (including phenoxy) is 2. The minimum absolute atomic E-state index is 0.0314. The van der Waals surface area contributed by atoms with Crippen LogP contribution in [0.2, 0.25) is 5.02 Å². The quantitative estimate of drug-likeness (QED) is 0.270. The monoisotopic (exact) mass is 632 g/mol. The Morgan fingerprint density at radius 2 is 1.95 bits per heavy atom. The molecule has 2 unspecified atom stereocenters. The van der Waals surface area contributed by atoms with Crippen molar-refractivity contribution in [2.75, 3.05) is 24.6 Å². The van der Waals surface area contributed by atoms with E-state index in [1.807, 2.05) is 4.90 Å². The first-order valence-electron chi connectivity index (χ1n) is 14.6. The lowest BCUT2D eigenvalue weighted by Gasteiger charge is -2.33. The Labute approximate surface area is 254 Å². The fourth-order valence-corrected chi connectivity index (χ4v) is 6.45. The highest BCUT2D eigenvalue weighted by molar-refractivity contribution is 6.30. The number of aryl methyl sites for hydroxylation is 1.